The van der Waals surface area contributed by atoms with Crippen LogP contribution in [0.4, 0.5) is 17.8 Å². The van der Waals surface area contributed by atoms with Crippen molar-refractivity contribution >= 4 is 26.6 Å². The molecule has 0 spiro atoms. The van der Waals surface area contributed by atoms with Gasteiger partial charge in [-0.25, -0.2) is 0 Å². The van der Waals surface area contributed by atoms with Gasteiger partial charge in [-0.15, -0.1) is 0 Å². The van der Waals surface area contributed by atoms with Gasteiger partial charge in [0, 0.05) is 45.5 Å². The van der Waals surface area contributed by atoms with Crippen molar-refractivity contribution in [2.75, 3.05) is 55.8 Å². The van der Waals surface area contributed by atoms with E-state index in [1.54, 1.807) is 0 Å². The molecule has 25 heavy (non-hydrogen) atoms. The molecule has 0 aromatic carbocycles. The van der Waals surface area contributed by atoms with Crippen molar-refractivity contribution in [1.29, 1.82) is 0 Å². The van der Waals surface area contributed by atoms with Crippen LogP contribution in [-0.4, -0.2) is 63.2 Å². The van der Waals surface area contributed by atoms with Gasteiger partial charge >= 0.3 is 8.80 Å². The van der Waals surface area contributed by atoms with E-state index in [2.05, 4.69) is 25.6 Å². The number of rotatable bonds is 14. The Balaban J connectivity index is 2.55. The van der Waals surface area contributed by atoms with Crippen molar-refractivity contribution in [3.05, 3.63) is 0 Å². The van der Waals surface area contributed by atoms with Crippen LogP contribution < -0.4 is 22.1 Å². The van der Waals surface area contributed by atoms with Crippen molar-refractivity contribution < 1.29 is 13.3 Å². The largest absolute Gasteiger partial charge is 0.500 e. The molecule has 0 radical (unpaired) electrons. The normalized spacial score (nSPS) is 11.5. The first-order chi connectivity index (χ1) is 12.1. The second-order valence-corrected chi connectivity index (χ2v) is 7.80. The van der Waals surface area contributed by atoms with E-state index in [1.807, 2.05) is 20.8 Å². The molecule has 0 fully saturated rings. The summed E-state index contributed by atoms with van der Waals surface area (Å²) < 4.78 is 17.5. The van der Waals surface area contributed by atoms with Gasteiger partial charge in [0.05, 0.1) is 0 Å². The Morgan fingerprint density at radius 3 is 1.88 bits per heavy atom. The maximum absolute atomic E-state index is 5.83. The molecule has 0 saturated carbocycles. The summed E-state index contributed by atoms with van der Waals surface area (Å²) in [5.41, 5.74) is 11.1. The first-order valence-corrected chi connectivity index (χ1v) is 10.6. The number of anilines is 3. The summed E-state index contributed by atoms with van der Waals surface area (Å²) in [4.78, 5) is 12.3. The van der Waals surface area contributed by atoms with Gasteiger partial charge in [-0.1, -0.05) is 0 Å². The van der Waals surface area contributed by atoms with E-state index in [1.165, 1.54) is 0 Å². The van der Waals surface area contributed by atoms with Crippen molar-refractivity contribution in [1.82, 2.24) is 15.0 Å². The second kappa shape index (κ2) is 11.9. The van der Waals surface area contributed by atoms with E-state index in [-0.39, 0.29) is 5.95 Å². The molecule has 1 heterocycles. The standard InChI is InChI=1S/C14H31N7O3Si/c1-4-22-25(23-5-2,24-6-3)11-7-9-17-13-19-12(16)20-14(21-13)18-10-8-15/h4-11,15H2,1-3H3,(H4,16,17,18,19,20,21). The minimum absolute atomic E-state index is 0.152. The highest BCUT2D eigenvalue weighted by Gasteiger charge is 2.39. The zero-order chi connectivity index (χ0) is 18.5. The molecule has 1 aromatic heterocycles. The van der Waals surface area contributed by atoms with Crippen LogP contribution in [0.5, 0.6) is 0 Å². The summed E-state index contributed by atoms with van der Waals surface area (Å²) in [6.07, 6.45) is 0.795. The van der Waals surface area contributed by atoms with Crippen LogP contribution in [0, 0.1) is 0 Å². The quantitative estimate of drug-likeness (QED) is 0.271. The zero-order valence-electron chi connectivity index (χ0n) is 15.4. The van der Waals surface area contributed by atoms with Crippen LogP contribution in [0.3, 0.4) is 0 Å². The fourth-order valence-corrected chi connectivity index (χ4v) is 4.85. The molecule has 0 bridgehead atoms. The number of aromatic nitrogens is 3. The van der Waals surface area contributed by atoms with Gasteiger partial charge in [0.2, 0.25) is 17.8 Å². The maximum atomic E-state index is 5.83. The van der Waals surface area contributed by atoms with E-state index in [4.69, 9.17) is 24.7 Å². The van der Waals surface area contributed by atoms with Crippen LogP contribution >= 0.6 is 0 Å². The van der Waals surface area contributed by atoms with Crippen LogP contribution in [0.1, 0.15) is 27.2 Å². The van der Waals surface area contributed by atoms with E-state index >= 15 is 0 Å². The molecule has 0 unspecified atom stereocenters. The average molecular weight is 374 g/mol. The van der Waals surface area contributed by atoms with Gasteiger partial charge in [-0.2, -0.15) is 15.0 Å². The minimum Gasteiger partial charge on any atom is -0.374 e. The summed E-state index contributed by atoms with van der Waals surface area (Å²) >= 11 is 0. The molecule has 1 rings (SSSR count). The fourth-order valence-electron chi connectivity index (χ4n) is 2.24. The third-order valence-electron chi connectivity index (χ3n) is 3.12. The fraction of sp³-hybridized carbons (Fsp3) is 0.786. The molecule has 0 atom stereocenters. The van der Waals surface area contributed by atoms with E-state index in [0.29, 0.717) is 57.4 Å². The highest BCUT2D eigenvalue weighted by atomic mass is 28.4. The van der Waals surface area contributed by atoms with Gasteiger partial charge < -0.3 is 35.4 Å². The molecule has 11 heteroatoms. The predicted molar refractivity (Wildman–Crippen MR) is 100 cm³/mol. The first kappa shape index (κ1) is 21.5. The maximum Gasteiger partial charge on any atom is 0.500 e. The molecule has 0 aliphatic carbocycles. The third-order valence-corrected chi connectivity index (χ3v) is 6.27. The summed E-state index contributed by atoms with van der Waals surface area (Å²) in [7, 11) is -2.62. The van der Waals surface area contributed by atoms with E-state index < -0.39 is 8.80 Å². The Bertz CT molecular complexity index is 478. The Labute approximate surface area is 150 Å². The molecular formula is C14H31N7O3Si. The van der Waals surface area contributed by atoms with Crippen molar-refractivity contribution in [3.63, 3.8) is 0 Å². The van der Waals surface area contributed by atoms with Crippen LogP contribution in [0.25, 0.3) is 0 Å². The Morgan fingerprint density at radius 2 is 1.40 bits per heavy atom. The third kappa shape index (κ3) is 7.92. The first-order valence-electron chi connectivity index (χ1n) is 8.70. The Morgan fingerprint density at radius 1 is 0.880 bits per heavy atom. The predicted octanol–water partition coefficient (Wildman–Crippen LogP) is 0.675. The number of hydrogen-bond donors (Lipinski definition) is 4. The highest BCUT2D eigenvalue weighted by Crippen LogP contribution is 2.18. The summed E-state index contributed by atoms with van der Waals surface area (Å²) in [5, 5.41) is 6.12. The topological polar surface area (TPSA) is 142 Å². The van der Waals surface area contributed by atoms with Gasteiger partial charge in [0.25, 0.3) is 0 Å². The molecule has 0 aliphatic heterocycles. The second-order valence-electron chi connectivity index (χ2n) is 5.07. The molecule has 0 saturated heterocycles. The lowest BCUT2D eigenvalue weighted by Crippen LogP contribution is -2.46. The van der Waals surface area contributed by atoms with Crippen LogP contribution in [-0.2, 0) is 13.3 Å². The molecule has 6 N–H and O–H groups in total. The molecule has 1 aromatic rings. The van der Waals surface area contributed by atoms with Gasteiger partial charge in [0.1, 0.15) is 0 Å². The molecule has 0 aliphatic rings. The van der Waals surface area contributed by atoms with Crippen LogP contribution in [0.2, 0.25) is 6.04 Å². The summed E-state index contributed by atoms with van der Waals surface area (Å²) in [6.45, 7) is 9.23. The molecule has 10 nitrogen and oxygen atoms in total. The lowest BCUT2D eigenvalue weighted by Gasteiger charge is -2.28. The highest BCUT2D eigenvalue weighted by molar-refractivity contribution is 6.60. The van der Waals surface area contributed by atoms with Gasteiger partial charge in [-0.05, 0) is 27.2 Å². The number of nitrogens with zero attached hydrogens (tertiary/aromatic N) is 3. The number of nitrogen functional groups attached to an aromatic ring is 1. The SMILES string of the molecule is CCO[Si](CCCNc1nc(N)nc(NCCN)n1)(OCC)OCC. The van der Waals surface area contributed by atoms with Crippen molar-refractivity contribution in [2.45, 2.75) is 33.2 Å². The molecule has 0 amide bonds. The average Bonchev–Trinajstić information content (AvgIpc) is 2.57. The Hall–Kier alpha value is -1.53. The number of nitrogens with one attached hydrogen (secondary N) is 2. The number of nitrogens with two attached hydrogens (primary N) is 2. The van der Waals surface area contributed by atoms with E-state index in [9.17, 15) is 0 Å². The smallest absolute Gasteiger partial charge is 0.374 e. The van der Waals surface area contributed by atoms with Gasteiger partial charge in [-0.3, -0.25) is 0 Å². The van der Waals surface area contributed by atoms with Crippen molar-refractivity contribution in [3.8, 4) is 0 Å². The minimum atomic E-state index is -2.62. The molecular weight excluding hydrogens is 342 g/mol. The Kier molecular flexibility index (Phi) is 10.3. The summed E-state index contributed by atoms with van der Waals surface area (Å²) in [5.74, 6) is 0.976. The number of hydrogen-bond acceptors (Lipinski definition) is 10. The monoisotopic (exact) mass is 373 g/mol. The summed E-state index contributed by atoms with van der Waals surface area (Å²) in [6, 6.07) is 0.717. The molecule has 144 valence electrons. The van der Waals surface area contributed by atoms with E-state index in [0.717, 1.165) is 6.42 Å². The van der Waals surface area contributed by atoms with Gasteiger partial charge in [0.15, 0.2) is 0 Å². The van der Waals surface area contributed by atoms with Crippen molar-refractivity contribution in [2.24, 2.45) is 5.73 Å². The van der Waals surface area contributed by atoms with Crippen LogP contribution in [0.15, 0.2) is 0 Å². The zero-order valence-corrected chi connectivity index (χ0v) is 16.4. The lowest BCUT2D eigenvalue weighted by molar-refractivity contribution is 0.0710. The lowest BCUT2D eigenvalue weighted by atomic mass is 10.5.